The quantitative estimate of drug-likeness (QED) is 0.0196. The first kappa shape index (κ1) is 58.9. The largest absolute Gasteiger partial charge is 0.466 e. The summed E-state index contributed by atoms with van der Waals surface area (Å²) in [5.74, 6) is -0.268. The Hall–Kier alpha value is -2.12. The second kappa shape index (κ2) is 42.5. The van der Waals surface area contributed by atoms with E-state index in [1.807, 2.05) is 6.08 Å². The van der Waals surface area contributed by atoms with E-state index in [9.17, 15) is 35.1 Å². The number of amides is 1. The highest BCUT2D eigenvalue weighted by Crippen LogP contribution is 2.22. The molecule has 1 fully saturated rings. The Morgan fingerprint density at radius 1 is 0.571 bits per heavy atom. The zero-order chi connectivity index (χ0) is 46.0. The van der Waals surface area contributed by atoms with Crippen molar-refractivity contribution in [2.75, 3.05) is 19.8 Å². The van der Waals surface area contributed by atoms with Crippen molar-refractivity contribution >= 4 is 11.9 Å². The summed E-state index contributed by atoms with van der Waals surface area (Å²) in [5, 5.41) is 54.0. The summed E-state index contributed by atoms with van der Waals surface area (Å²) in [4.78, 5) is 25.0. The van der Waals surface area contributed by atoms with E-state index in [4.69, 9.17) is 14.2 Å². The first-order valence-electron chi connectivity index (χ1n) is 25.8. The molecule has 0 bridgehead atoms. The van der Waals surface area contributed by atoms with Crippen LogP contribution >= 0.6 is 0 Å². The van der Waals surface area contributed by atoms with Gasteiger partial charge in [0.05, 0.1) is 32.0 Å². The van der Waals surface area contributed by atoms with Crippen molar-refractivity contribution in [2.24, 2.45) is 0 Å². The van der Waals surface area contributed by atoms with Gasteiger partial charge in [-0.1, -0.05) is 153 Å². The molecular formula is C52H95NO10. The van der Waals surface area contributed by atoms with Gasteiger partial charge in [-0.25, -0.2) is 0 Å². The minimum Gasteiger partial charge on any atom is -0.466 e. The Morgan fingerprint density at radius 2 is 1.02 bits per heavy atom. The summed E-state index contributed by atoms with van der Waals surface area (Å²) in [7, 11) is 0. The number of aliphatic hydroxyl groups excluding tert-OH is 5. The number of hydrogen-bond donors (Lipinski definition) is 6. The van der Waals surface area contributed by atoms with Gasteiger partial charge in [0.15, 0.2) is 6.29 Å². The average molecular weight is 894 g/mol. The van der Waals surface area contributed by atoms with Crippen LogP contribution in [0.4, 0.5) is 0 Å². The third kappa shape index (κ3) is 33.1. The highest BCUT2D eigenvalue weighted by atomic mass is 16.7. The molecule has 11 nitrogen and oxygen atoms in total. The first-order chi connectivity index (χ1) is 30.7. The third-order valence-electron chi connectivity index (χ3n) is 12.0. The summed E-state index contributed by atoms with van der Waals surface area (Å²) >= 11 is 0. The minimum atomic E-state index is -1.58. The molecule has 7 atom stereocenters. The summed E-state index contributed by atoms with van der Waals surface area (Å²) in [6.07, 6.45) is 39.4. The van der Waals surface area contributed by atoms with E-state index in [1.165, 1.54) is 96.3 Å². The number of ether oxygens (including phenoxy) is 3. The lowest BCUT2D eigenvalue weighted by atomic mass is 9.99. The fourth-order valence-electron chi connectivity index (χ4n) is 7.77. The summed E-state index contributed by atoms with van der Waals surface area (Å²) in [6, 6.07) is -0.827. The van der Waals surface area contributed by atoms with Gasteiger partial charge in [-0.15, -0.1) is 0 Å². The minimum absolute atomic E-state index is 0.0564. The van der Waals surface area contributed by atoms with E-state index < -0.39 is 49.5 Å². The monoisotopic (exact) mass is 894 g/mol. The lowest BCUT2D eigenvalue weighted by molar-refractivity contribution is -0.302. The van der Waals surface area contributed by atoms with Crippen LogP contribution in [-0.2, 0) is 23.8 Å². The number of rotatable bonds is 43. The molecule has 368 valence electrons. The number of hydrogen-bond acceptors (Lipinski definition) is 10. The van der Waals surface area contributed by atoms with E-state index in [0.29, 0.717) is 19.4 Å². The zero-order valence-corrected chi connectivity index (χ0v) is 40.0. The van der Waals surface area contributed by atoms with E-state index in [1.54, 1.807) is 6.08 Å². The molecule has 1 heterocycles. The lowest BCUT2D eigenvalue weighted by Crippen LogP contribution is -2.60. The Labute approximate surface area is 383 Å². The van der Waals surface area contributed by atoms with Crippen LogP contribution in [0.5, 0.6) is 0 Å². The zero-order valence-electron chi connectivity index (χ0n) is 40.0. The molecule has 1 rings (SSSR count). The van der Waals surface area contributed by atoms with Crippen LogP contribution in [0, 0.1) is 0 Å². The van der Waals surface area contributed by atoms with Crippen molar-refractivity contribution in [3.63, 3.8) is 0 Å². The molecule has 0 spiro atoms. The molecule has 0 radical (unpaired) electrons. The molecule has 1 amide bonds. The van der Waals surface area contributed by atoms with E-state index >= 15 is 0 Å². The van der Waals surface area contributed by atoms with Crippen LogP contribution < -0.4 is 5.32 Å². The second-order valence-corrected chi connectivity index (χ2v) is 17.9. The van der Waals surface area contributed by atoms with Gasteiger partial charge in [-0.3, -0.25) is 9.59 Å². The normalized spacial score (nSPS) is 20.3. The van der Waals surface area contributed by atoms with Gasteiger partial charge in [0, 0.05) is 12.8 Å². The molecule has 0 aromatic heterocycles. The number of esters is 1. The molecule has 0 saturated carbocycles. The molecule has 1 saturated heterocycles. The molecular weight excluding hydrogens is 799 g/mol. The van der Waals surface area contributed by atoms with Gasteiger partial charge in [0.1, 0.15) is 24.4 Å². The number of carbonyl (C=O) groups excluding carboxylic acids is 2. The van der Waals surface area contributed by atoms with Crippen LogP contribution in [0.1, 0.15) is 219 Å². The fraction of sp³-hybridized carbons (Fsp3) is 0.846. The maximum Gasteiger partial charge on any atom is 0.305 e. The van der Waals surface area contributed by atoms with Crippen molar-refractivity contribution in [1.82, 2.24) is 5.32 Å². The SMILES string of the molecule is CCCCCCC/C=C\CCCCCCCC(=O)OCCCCC/C=C\CCCCCCCC(=O)NC(COC1OC(CO)C(O)C(O)C1O)C(O)/C=C/CCCCCCCCC. The number of aliphatic hydroxyl groups is 5. The van der Waals surface area contributed by atoms with Gasteiger partial charge >= 0.3 is 5.97 Å². The third-order valence-corrected chi connectivity index (χ3v) is 12.0. The Kier molecular flexibility index (Phi) is 39.7. The molecule has 6 N–H and O–H groups in total. The standard InChI is InChI=1S/C52H95NO10/c1-3-5-7-9-11-13-14-15-16-20-24-28-32-36-40-48(57)61-41-37-33-29-25-21-18-17-19-23-27-31-35-39-47(56)53-44(45(55)38-34-30-26-22-12-10-8-6-4-2)43-62-52-51(60)50(59)49(58)46(42-54)63-52/h14-15,18,21,34,38,44-46,49-52,54-55,58-60H,3-13,16-17,19-20,22-33,35-37,39-43H2,1-2H3,(H,53,56)/b15-14-,21-18-,38-34+. The molecule has 7 unspecified atom stereocenters. The molecule has 1 aliphatic heterocycles. The van der Waals surface area contributed by atoms with Crippen molar-refractivity contribution in [2.45, 2.75) is 262 Å². The van der Waals surface area contributed by atoms with E-state index in [-0.39, 0.29) is 18.5 Å². The summed E-state index contributed by atoms with van der Waals surface area (Å²) in [6.45, 7) is 4.20. The van der Waals surface area contributed by atoms with Crippen LogP contribution in [0.2, 0.25) is 0 Å². The van der Waals surface area contributed by atoms with Crippen LogP contribution in [0.3, 0.4) is 0 Å². The Bertz CT molecular complexity index is 1150. The van der Waals surface area contributed by atoms with Crippen LogP contribution in [0.15, 0.2) is 36.5 Å². The van der Waals surface area contributed by atoms with Crippen molar-refractivity contribution in [1.29, 1.82) is 0 Å². The van der Waals surface area contributed by atoms with Gasteiger partial charge < -0.3 is 45.1 Å². The predicted octanol–water partition coefficient (Wildman–Crippen LogP) is 10.4. The molecule has 0 aliphatic carbocycles. The number of carbonyl (C=O) groups is 2. The molecule has 0 aromatic rings. The highest BCUT2D eigenvalue weighted by molar-refractivity contribution is 5.76. The van der Waals surface area contributed by atoms with Gasteiger partial charge in [-0.2, -0.15) is 0 Å². The molecule has 0 aromatic carbocycles. The fourth-order valence-corrected chi connectivity index (χ4v) is 7.77. The topological polar surface area (TPSA) is 175 Å². The maximum absolute atomic E-state index is 12.9. The smallest absolute Gasteiger partial charge is 0.305 e. The molecule has 63 heavy (non-hydrogen) atoms. The predicted molar refractivity (Wildman–Crippen MR) is 255 cm³/mol. The van der Waals surface area contributed by atoms with Crippen molar-refractivity contribution in [3.05, 3.63) is 36.5 Å². The Balaban J connectivity index is 2.16. The summed E-state index contributed by atoms with van der Waals surface area (Å²) in [5.41, 5.74) is 0. The van der Waals surface area contributed by atoms with Gasteiger partial charge in [-0.05, 0) is 89.9 Å². The van der Waals surface area contributed by atoms with Crippen molar-refractivity contribution in [3.8, 4) is 0 Å². The maximum atomic E-state index is 12.9. The van der Waals surface area contributed by atoms with E-state index in [2.05, 4.69) is 43.5 Å². The molecule has 11 heteroatoms. The number of nitrogens with one attached hydrogen (secondary N) is 1. The second-order valence-electron chi connectivity index (χ2n) is 17.9. The van der Waals surface area contributed by atoms with Crippen molar-refractivity contribution < 1.29 is 49.3 Å². The number of unbranched alkanes of at least 4 members (excludes halogenated alkanes) is 25. The summed E-state index contributed by atoms with van der Waals surface area (Å²) < 4.78 is 16.6. The van der Waals surface area contributed by atoms with Gasteiger partial charge in [0.25, 0.3) is 0 Å². The van der Waals surface area contributed by atoms with Crippen LogP contribution in [-0.4, -0.2) is 100 Å². The number of allylic oxidation sites excluding steroid dienone is 5. The average Bonchev–Trinajstić information content (AvgIpc) is 3.28. The lowest BCUT2D eigenvalue weighted by Gasteiger charge is -2.40. The Morgan fingerprint density at radius 3 is 1.52 bits per heavy atom. The molecule has 1 aliphatic rings. The van der Waals surface area contributed by atoms with Crippen LogP contribution in [0.25, 0.3) is 0 Å². The first-order valence-corrected chi connectivity index (χ1v) is 25.8. The van der Waals surface area contributed by atoms with Gasteiger partial charge in [0.2, 0.25) is 5.91 Å². The van der Waals surface area contributed by atoms with E-state index in [0.717, 1.165) is 96.3 Å². The highest BCUT2D eigenvalue weighted by Gasteiger charge is 2.44.